The van der Waals surface area contributed by atoms with Crippen LogP contribution in [0.25, 0.3) is 0 Å². The fraction of sp³-hybridized carbons (Fsp3) is 0.294. The van der Waals surface area contributed by atoms with Crippen LogP contribution in [0.4, 0.5) is 11.4 Å². The lowest BCUT2D eigenvalue weighted by Gasteiger charge is -2.23. The molecule has 0 aliphatic heterocycles. The first-order valence-electron chi connectivity index (χ1n) is 6.81. The Balaban J connectivity index is 0.00000220. The summed E-state index contributed by atoms with van der Waals surface area (Å²) in [6.45, 7) is 2.64. The zero-order chi connectivity index (χ0) is 14.8. The van der Waals surface area contributed by atoms with Crippen molar-refractivity contribution >= 4 is 11.4 Å². The normalized spacial score (nSPS) is 10.9. The van der Waals surface area contributed by atoms with Crippen molar-refractivity contribution in [3.8, 4) is 5.75 Å². The number of phenolic OH excluding ortho intramolecular Hbond substituents is 1. The number of nitrogens with zero attached hydrogens (tertiary/aromatic N) is 1. The van der Waals surface area contributed by atoms with Gasteiger partial charge in [0.1, 0.15) is 11.4 Å². The van der Waals surface area contributed by atoms with Gasteiger partial charge < -0.3 is 27.4 Å². The quantitative estimate of drug-likeness (QED) is 0.787. The first-order chi connectivity index (χ1) is 9.36. The van der Waals surface area contributed by atoms with Gasteiger partial charge >= 0.3 is 0 Å². The maximum atomic E-state index is 9.68. The molecule has 0 aliphatic rings. The van der Waals surface area contributed by atoms with Crippen molar-refractivity contribution in [3.63, 3.8) is 0 Å². The number of rotatable bonds is 4. The average Bonchev–Trinajstić information content (AvgIpc) is 2.40. The van der Waals surface area contributed by atoms with Crippen molar-refractivity contribution in [2.75, 3.05) is 26.5 Å². The summed E-state index contributed by atoms with van der Waals surface area (Å²) in [6, 6.07) is 14.2. The molecule has 0 amide bonds. The van der Waals surface area contributed by atoms with E-state index in [-0.39, 0.29) is 17.0 Å². The number of aryl methyl sites for hydroxylation is 1. The van der Waals surface area contributed by atoms with E-state index in [9.17, 15) is 5.11 Å². The molecule has 0 radical (unpaired) electrons. The summed E-state index contributed by atoms with van der Waals surface area (Å²) in [5.74, 6) is 0.329. The minimum Gasteiger partial charge on any atom is -1.00 e. The van der Waals surface area contributed by atoms with Gasteiger partial charge in [-0.3, -0.25) is 4.48 Å². The fourth-order valence-electron chi connectivity index (χ4n) is 1.98. The number of anilines is 1. The van der Waals surface area contributed by atoms with E-state index in [0.29, 0.717) is 5.75 Å². The molecule has 114 valence electrons. The van der Waals surface area contributed by atoms with Crippen LogP contribution in [0.3, 0.4) is 0 Å². The Bertz CT molecular complexity index is 589. The monoisotopic (exact) mass is 350 g/mol. The van der Waals surface area contributed by atoms with Crippen molar-refractivity contribution < 1.29 is 22.1 Å². The highest BCUT2D eigenvalue weighted by Gasteiger charge is 2.10. The Morgan fingerprint density at radius 3 is 2.14 bits per heavy atom. The zero-order valence-corrected chi connectivity index (χ0v) is 14.6. The molecule has 2 rings (SSSR count). The lowest BCUT2D eigenvalue weighted by Crippen LogP contribution is -3.00. The molecule has 0 saturated heterocycles. The van der Waals surface area contributed by atoms with Crippen LogP contribution in [0.1, 0.15) is 11.1 Å². The zero-order valence-electron chi connectivity index (χ0n) is 13.0. The summed E-state index contributed by atoms with van der Waals surface area (Å²) in [5, 5.41) is 13.0. The van der Waals surface area contributed by atoms with E-state index in [2.05, 4.69) is 50.7 Å². The molecule has 3 nitrogen and oxygen atoms in total. The minimum atomic E-state index is 0. The van der Waals surface area contributed by atoms with Crippen molar-refractivity contribution in [1.82, 2.24) is 4.48 Å². The third kappa shape index (κ3) is 4.76. The molecule has 0 saturated carbocycles. The van der Waals surface area contributed by atoms with Crippen LogP contribution >= 0.6 is 0 Å². The lowest BCUT2D eigenvalue weighted by molar-refractivity contribution is -0.00000540. The van der Waals surface area contributed by atoms with Gasteiger partial charge in [-0.2, -0.15) is 0 Å². The van der Waals surface area contributed by atoms with Crippen molar-refractivity contribution in [3.05, 3.63) is 53.6 Å². The first kappa shape index (κ1) is 17.5. The second-order valence-corrected chi connectivity index (χ2v) is 6.03. The summed E-state index contributed by atoms with van der Waals surface area (Å²) >= 11 is 0. The van der Waals surface area contributed by atoms with Gasteiger partial charge in [-0.15, -0.1) is 0 Å². The van der Waals surface area contributed by atoms with Crippen molar-refractivity contribution in [2.24, 2.45) is 0 Å². The topological polar surface area (TPSA) is 32.3 Å². The highest BCUT2D eigenvalue weighted by Crippen LogP contribution is 2.22. The van der Waals surface area contributed by atoms with Crippen LogP contribution in [0.5, 0.6) is 5.75 Å². The molecule has 0 fully saturated rings. The van der Waals surface area contributed by atoms with Crippen LogP contribution in [0, 0.1) is 6.92 Å². The number of nitrogens with one attached hydrogen (secondary N) is 1. The maximum Gasteiger partial charge on any atom is 0.132 e. The summed E-state index contributed by atoms with van der Waals surface area (Å²) in [6.07, 6.45) is 0. The van der Waals surface area contributed by atoms with E-state index in [1.165, 1.54) is 11.3 Å². The van der Waals surface area contributed by atoms with E-state index in [0.717, 1.165) is 22.3 Å². The molecule has 21 heavy (non-hydrogen) atoms. The molecule has 0 bridgehead atoms. The number of quaternary nitrogens is 1. The largest absolute Gasteiger partial charge is 1.00 e. The highest BCUT2D eigenvalue weighted by atomic mass is 79.9. The van der Waals surface area contributed by atoms with Gasteiger partial charge in [0.25, 0.3) is 0 Å². The van der Waals surface area contributed by atoms with Crippen LogP contribution in [-0.4, -0.2) is 26.2 Å². The fourth-order valence-corrected chi connectivity index (χ4v) is 1.98. The summed E-state index contributed by atoms with van der Waals surface area (Å²) < 4.78 is 0.819. The number of aromatic hydroxyl groups is 1. The van der Waals surface area contributed by atoms with E-state index in [4.69, 9.17) is 0 Å². The Morgan fingerprint density at radius 1 is 1.00 bits per heavy atom. The van der Waals surface area contributed by atoms with Crippen molar-refractivity contribution in [2.45, 2.75) is 13.5 Å². The molecule has 0 spiro atoms. The van der Waals surface area contributed by atoms with Gasteiger partial charge in [0.05, 0.1) is 21.1 Å². The standard InChI is InChI=1S/C17H22N2O.BrH/c1-13-5-8-15(11-17(13)20)18-12-14-6-9-16(10-7-14)19(2,3)4;/h5-11,18H,12H2,1-4H3;1H. The smallest absolute Gasteiger partial charge is 0.132 e. The maximum absolute atomic E-state index is 9.68. The molecule has 0 atom stereocenters. The molecular weight excluding hydrogens is 328 g/mol. The number of hydrogen-bond acceptors (Lipinski definition) is 2. The van der Waals surface area contributed by atoms with Gasteiger partial charge in [-0.05, 0) is 36.2 Å². The van der Waals surface area contributed by atoms with Crippen LogP contribution < -0.4 is 26.8 Å². The van der Waals surface area contributed by atoms with Crippen LogP contribution in [0.2, 0.25) is 0 Å². The van der Waals surface area contributed by atoms with E-state index in [1.54, 1.807) is 6.07 Å². The Labute approximate surface area is 137 Å². The third-order valence-corrected chi connectivity index (χ3v) is 3.42. The second-order valence-electron chi connectivity index (χ2n) is 6.03. The number of halogens is 1. The number of hydrogen-bond donors (Lipinski definition) is 2. The number of benzene rings is 2. The first-order valence-corrected chi connectivity index (χ1v) is 6.81. The number of phenols is 1. The minimum absolute atomic E-state index is 0. The second kappa shape index (κ2) is 6.96. The van der Waals surface area contributed by atoms with E-state index in [1.807, 2.05) is 19.1 Å². The van der Waals surface area contributed by atoms with E-state index < -0.39 is 0 Å². The molecule has 2 N–H and O–H groups in total. The van der Waals surface area contributed by atoms with Gasteiger partial charge in [-0.1, -0.05) is 18.2 Å². The average molecular weight is 351 g/mol. The molecule has 0 heterocycles. The third-order valence-electron chi connectivity index (χ3n) is 3.42. The van der Waals surface area contributed by atoms with Gasteiger partial charge in [0.15, 0.2) is 0 Å². The summed E-state index contributed by atoms with van der Waals surface area (Å²) in [4.78, 5) is 0. The summed E-state index contributed by atoms with van der Waals surface area (Å²) in [7, 11) is 6.47. The molecule has 4 heteroatoms. The molecule has 2 aromatic carbocycles. The van der Waals surface area contributed by atoms with Crippen LogP contribution in [0.15, 0.2) is 42.5 Å². The molecule has 0 aliphatic carbocycles. The molecule has 0 aromatic heterocycles. The van der Waals surface area contributed by atoms with Crippen molar-refractivity contribution in [1.29, 1.82) is 0 Å². The predicted molar refractivity (Wildman–Crippen MR) is 86.2 cm³/mol. The Kier molecular flexibility index (Phi) is 5.81. The highest BCUT2D eigenvalue weighted by molar-refractivity contribution is 5.51. The molecular formula is C17H23BrN2O. The van der Waals surface area contributed by atoms with Gasteiger partial charge in [0, 0.05) is 18.3 Å². The Hall–Kier alpha value is -1.52. The van der Waals surface area contributed by atoms with E-state index >= 15 is 0 Å². The van der Waals surface area contributed by atoms with Gasteiger partial charge in [-0.25, -0.2) is 0 Å². The lowest BCUT2D eigenvalue weighted by atomic mass is 10.1. The van der Waals surface area contributed by atoms with Crippen LogP contribution in [-0.2, 0) is 6.54 Å². The van der Waals surface area contributed by atoms with Gasteiger partial charge in [0.2, 0.25) is 0 Å². The Morgan fingerprint density at radius 2 is 1.62 bits per heavy atom. The summed E-state index contributed by atoms with van der Waals surface area (Å²) in [5.41, 5.74) is 4.33. The molecule has 2 aromatic rings. The predicted octanol–water partition coefficient (Wildman–Crippen LogP) is 0.513. The SMILES string of the molecule is Cc1ccc(NCc2ccc([N+](C)(C)C)cc2)cc1O.[Br-]. The molecule has 0 unspecified atom stereocenters.